The number of rotatable bonds is 9. The molecule has 0 spiro atoms. The fourth-order valence-corrected chi connectivity index (χ4v) is 4.69. The molecule has 1 aromatic carbocycles. The number of benzene rings is 1. The zero-order chi connectivity index (χ0) is 23.5. The van der Waals surface area contributed by atoms with E-state index in [1.54, 1.807) is 25.3 Å². The molecule has 32 heavy (non-hydrogen) atoms. The molecule has 0 aliphatic heterocycles. The Balaban J connectivity index is 2.19. The van der Waals surface area contributed by atoms with Crippen LogP contribution in [0.15, 0.2) is 23.5 Å². The molecule has 0 unspecified atom stereocenters. The van der Waals surface area contributed by atoms with Crippen molar-refractivity contribution in [2.75, 3.05) is 43.8 Å². The summed E-state index contributed by atoms with van der Waals surface area (Å²) in [6.45, 7) is 1.78. The highest BCUT2D eigenvalue weighted by molar-refractivity contribution is 7.98. The van der Waals surface area contributed by atoms with Crippen molar-refractivity contribution in [3.63, 3.8) is 0 Å². The van der Waals surface area contributed by atoms with Crippen molar-refractivity contribution in [3.8, 4) is 22.8 Å². The summed E-state index contributed by atoms with van der Waals surface area (Å²) in [7, 11) is -0.170. The fraction of sp³-hybridized carbons (Fsp3) is 0.350. The lowest BCUT2D eigenvalue weighted by Gasteiger charge is -2.16. The Labute approximate surface area is 201 Å². The van der Waals surface area contributed by atoms with E-state index in [-0.39, 0.29) is 28.1 Å². The van der Waals surface area contributed by atoms with Gasteiger partial charge in [0.25, 0.3) is 0 Å². The van der Waals surface area contributed by atoms with E-state index in [0.29, 0.717) is 44.6 Å². The first kappa shape index (κ1) is 24.6. The molecule has 8 nitrogen and oxygen atoms in total. The zero-order valence-corrected chi connectivity index (χ0v) is 21.0. The molecule has 0 radical (unpaired) electrons. The van der Waals surface area contributed by atoms with E-state index in [0.717, 1.165) is 0 Å². The van der Waals surface area contributed by atoms with Crippen molar-refractivity contribution in [2.45, 2.75) is 12.1 Å². The van der Waals surface area contributed by atoms with Crippen LogP contribution in [0, 0.1) is 0 Å². The van der Waals surface area contributed by atoms with Crippen LogP contribution in [0.2, 0.25) is 10.0 Å². The molecule has 0 bridgehead atoms. The van der Waals surface area contributed by atoms with Crippen LogP contribution in [-0.2, 0) is 9.84 Å². The van der Waals surface area contributed by atoms with E-state index < -0.39 is 9.84 Å². The lowest BCUT2D eigenvalue weighted by Crippen LogP contribution is -2.18. The zero-order valence-electron chi connectivity index (χ0n) is 17.9. The summed E-state index contributed by atoms with van der Waals surface area (Å²) >= 11 is 14.5. The van der Waals surface area contributed by atoms with E-state index in [1.165, 1.54) is 26.0 Å². The first-order chi connectivity index (χ1) is 15.2. The molecular weight excluding hydrogens is 495 g/mol. The van der Waals surface area contributed by atoms with Crippen LogP contribution < -0.4 is 14.8 Å². The predicted molar refractivity (Wildman–Crippen MR) is 130 cm³/mol. The minimum absolute atomic E-state index is 0.0358. The SMILES string of the molecule is CCS(=O)(=O)CCNc1nc(-c2c(Cl)c(OC)cc(OC)c2Cl)cc2cnc(SC)nc12. The van der Waals surface area contributed by atoms with Gasteiger partial charge in [-0.15, -0.1) is 0 Å². The fourth-order valence-electron chi connectivity index (χ4n) is 2.95. The summed E-state index contributed by atoms with van der Waals surface area (Å²) in [6.07, 6.45) is 3.54. The number of thioether (sulfide) groups is 1. The van der Waals surface area contributed by atoms with Crippen LogP contribution in [0.5, 0.6) is 11.5 Å². The number of hydrogen-bond donors (Lipinski definition) is 1. The van der Waals surface area contributed by atoms with Gasteiger partial charge in [-0.25, -0.2) is 23.4 Å². The smallest absolute Gasteiger partial charge is 0.187 e. The van der Waals surface area contributed by atoms with Gasteiger partial charge in [-0.1, -0.05) is 41.9 Å². The lowest BCUT2D eigenvalue weighted by molar-refractivity contribution is 0.395. The average Bonchev–Trinajstić information content (AvgIpc) is 2.79. The van der Waals surface area contributed by atoms with Gasteiger partial charge in [0.15, 0.2) is 20.8 Å². The number of sulfone groups is 1. The summed E-state index contributed by atoms with van der Waals surface area (Å²) in [5, 5.41) is 4.88. The lowest BCUT2D eigenvalue weighted by atomic mass is 10.1. The molecule has 172 valence electrons. The summed E-state index contributed by atoms with van der Waals surface area (Å²) in [5.74, 6) is 1.18. The Kier molecular flexibility index (Phi) is 7.92. The third kappa shape index (κ3) is 5.14. The second-order valence-corrected chi connectivity index (χ2v) is 10.6. The number of aromatic nitrogens is 3. The molecule has 3 rings (SSSR count). The van der Waals surface area contributed by atoms with Crippen LogP contribution in [0.1, 0.15) is 6.92 Å². The molecule has 0 amide bonds. The Hall–Kier alpha value is -2.01. The molecule has 0 saturated heterocycles. The normalized spacial score (nSPS) is 11.6. The number of ether oxygens (including phenoxy) is 2. The van der Waals surface area contributed by atoms with Crippen molar-refractivity contribution in [2.24, 2.45) is 0 Å². The quantitative estimate of drug-likeness (QED) is 0.323. The number of halogens is 2. The van der Waals surface area contributed by atoms with Gasteiger partial charge in [0.05, 0.1) is 35.7 Å². The van der Waals surface area contributed by atoms with Crippen molar-refractivity contribution in [1.82, 2.24) is 15.0 Å². The minimum Gasteiger partial charge on any atom is -0.495 e. The largest absolute Gasteiger partial charge is 0.495 e. The molecular formula is C20H22Cl2N4O4S2. The summed E-state index contributed by atoms with van der Waals surface area (Å²) in [5.41, 5.74) is 1.42. The van der Waals surface area contributed by atoms with Gasteiger partial charge in [0.1, 0.15) is 17.0 Å². The van der Waals surface area contributed by atoms with E-state index in [9.17, 15) is 8.42 Å². The molecule has 0 saturated carbocycles. The van der Waals surface area contributed by atoms with Crippen molar-refractivity contribution in [3.05, 3.63) is 28.4 Å². The number of nitrogens with one attached hydrogen (secondary N) is 1. The molecule has 3 aromatic rings. The third-order valence-electron chi connectivity index (χ3n) is 4.70. The highest BCUT2D eigenvalue weighted by atomic mass is 35.5. The number of anilines is 1. The first-order valence-corrected chi connectivity index (χ1v) is 13.3. The van der Waals surface area contributed by atoms with E-state index in [1.807, 2.05) is 6.26 Å². The number of hydrogen-bond acceptors (Lipinski definition) is 9. The molecule has 12 heteroatoms. The van der Waals surface area contributed by atoms with Crippen LogP contribution in [0.25, 0.3) is 22.2 Å². The Morgan fingerprint density at radius 3 is 2.31 bits per heavy atom. The molecule has 0 atom stereocenters. The number of methoxy groups -OCH3 is 2. The molecule has 1 N–H and O–H groups in total. The topological polar surface area (TPSA) is 103 Å². The molecule has 2 heterocycles. The van der Waals surface area contributed by atoms with Gasteiger partial charge in [-0.3, -0.25) is 0 Å². The Morgan fingerprint density at radius 2 is 1.75 bits per heavy atom. The van der Waals surface area contributed by atoms with Crippen molar-refractivity contribution >= 4 is 61.5 Å². The van der Waals surface area contributed by atoms with Gasteiger partial charge >= 0.3 is 0 Å². The molecule has 0 aliphatic rings. The number of nitrogens with zero attached hydrogens (tertiary/aromatic N) is 3. The standard InChI is InChI=1S/C20H22Cl2N4O4S2/c1-5-32(27,28)7-6-23-19-18-11(10-24-20(26-18)31-4)8-12(25-19)15-16(21)13(29-2)9-14(30-3)17(15)22/h8-10H,5-7H2,1-4H3,(H,23,25). The Morgan fingerprint density at radius 1 is 1.09 bits per heavy atom. The maximum Gasteiger partial charge on any atom is 0.187 e. The van der Waals surface area contributed by atoms with E-state index in [2.05, 4.69) is 20.3 Å². The maximum absolute atomic E-state index is 11.9. The van der Waals surface area contributed by atoms with Gasteiger partial charge < -0.3 is 14.8 Å². The Bertz CT molecular complexity index is 1230. The second-order valence-electron chi connectivity index (χ2n) is 6.60. The van der Waals surface area contributed by atoms with Gasteiger partial charge in [-0.2, -0.15) is 0 Å². The maximum atomic E-state index is 11.9. The summed E-state index contributed by atoms with van der Waals surface area (Å²) in [6, 6.07) is 3.36. The molecule has 0 fully saturated rings. The highest BCUT2D eigenvalue weighted by Gasteiger charge is 2.21. The third-order valence-corrected chi connectivity index (χ3v) is 7.72. The second kappa shape index (κ2) is 10.3. The van der Waals surface area contributed by atoms with Gasteiger partial charge in [0.2, 0.25) is 0 Å². The van der Waals surface area contributed by atoms with Crippen LogP contribution in [-0.4, -0.2) is 61.9 Å². The van der Waals surface area contributed by atoms with Crippen LogP contribution in [0.4, 0.5) is 5.82 Å². The number of fused-ring (bicyclic) bond motifs is 1. The van der Waals surface area contributed by atoms with Crippen LogP contribution >= 0.6 is 35.0 Å². The van der Waals surface area contributed by atoms with Crippen LogP contribution in [0.3, 0.4) is 0 Å². The van der Waals surface area contributed by atoms with Gasteiger partial charge in [-0.05, 0) is 12.3 Å². The van der Waals surface area contributed by atoms with Gasteiger partial charge in [0, 0.05) is 35.5 Å². The average molecular weight is 517 g/mol. The minimum atomic E-state index is -3.15. The molecule has 2 aromatic heterocycles. The predicted octanol–water partition coefficient (Wildman–Crippen LogP) is 4.58. The van der Waals surface area contributed by atoms with Crippen molar-refractivity contribution in [1.29, 1.82) is 0 Å². The van der Waals surface area contributed by atoms with E-state index in [4.69, 9.17) is 32.7 Å². The first-order valence-electron chi connectivity index (χ1n) is 9.51. The summed E-state index contributed by atoms with van der Waals surface area (Å²) in [4.78, 5) is 13.5. The highest BCUT2D eigenvalue weighted by Crippen LogP contribution is 2.46. The number of pyridine rings is 1. The molecule has 0 aliphatic carbocycles. The van der Waals surface area contributed by atoms with E-state index >= 15 is 0 Å². The summed E-state index contributed by atoms with van der Waals surface area (Å²) < 4.78 is 34.6. The van der Waals surface area contributed by atoms with Crippen molar-refractivity contribution < 1.29 is 17.9 Å². The monoisotopic (exact) mass is 516 g/mol.